The van der Waals surface area contributed by atoms with Crippen LogP contribution in [0.2, 0.25) is 0 Å². The minimum atomic E-state index is -5.61. The second-order valence-electron chi connectivity index (χ2n) is 1.05. The molecule has 12 heteroatoms. The van der Waals surface area contributed by atoms with E-state index in [0.29, 0.717) is 0 Å². The Morgan fingerprint density at radius 2 is 0.667 bits per heavy atom. The molecular weight excluding hydrogens is 530 g/mol. The molecule has 0 aliphatic heterocycles. The summed E-state index contributed by atoms with van der Waals surface area (Å²) in [5, 5.41) is 0. The van der Waals surface area contributed by atoms with Crippen LogP contribution in [0.15, 0.2) is 0 Å². The first-order valence-corrected chi connectivity index (χ1v) is 5.02. The summed E-state index contributed by atoms with van der Waals surface area (Å²) in [6.45, 7) is 0. The van der Waals surface area contributed by atoms with Gasteiger partial charge in [-0.15, -0.1) is 0 Å². The zero-order valence-electron chi connectivity index (χ0n) is 4.88. The smallest absolute Gasteiger partial charge is 0.894 e. The van der Waals surface area contributed by atoms with Gasteiger partial charge in [-0.1, -0.05) is 0 Å². The molecule has 0 spiro atoms. The van der Waals surface area contributed by atoms with Crippen molar-refractivity contribution in [3.63, 3.8) is 0 Å². The third-order valence-corrected chi connectivity index (χ3v) is 0. The average molecular weight is 532 g/mol. The number of rotatable bonds is 0. The van der Waals surface area contributed by atoms with E-state index >= 15 is 0 Å². The zero-order valence-corrected chi connectivity index (χ0v) is 10.3. The van der Waals surface area contributed by atoms with E-state index in [0.717, 1.165) is 0 Å². The predicted molar refractivity (Wildman–Crippen MR) is 15.9 cm³/mol. The van der Waals surface area contributed by atoms with E-state index in [1.165, 1.54) is 0 Å². The molecule has 0 aromatic carbocycles. The van der Waals surface area contributed by atoms with Crippen molar-refractivity contribution in [3.05, 3.63) is 0 Å². The Kier molecular flexibility index (Phi) is 21.7. The van der Waals surface area contributed by atoms with Gasteiger partial charge in [-0.2, -0.15) is 0 Å². The van der Waals surface area contributed by atoms with Crippen LogP contribution in [-0.4, -0.2) is 27.7 Å². The largest absolute Gasteiger partial charge is 3.00 e. The van der Waals surface area contributed by atoms with E-state index in [4.69, 9.17) is 38.4 Å². The first kappa shape index (κ1) is 24.4. The molecule has 8 nitrogen and oxygen atoms in total. The quantitative estimate of drug-likeness (QED) is 0.289. The fourth-order valence-electron chi connectivity index (χ4n) is 0. The molecule has 0 aromatic rings. The minimum Gasteiger partial charge on any atom is -0.894 e. The fraction of sp³-hybridized carbons (Fsp3) is 0. The Bertz CT molecular complexity index is 58.0. The van der Waals surface area contributed by atoms with Crippen molar-refractivity contribution in [3.8, 4) is 0 Å². The van der Waals surface area contributed by atoms with Crippen molar-refractivity contribution in [2.24, 2.45) is 0 Å². The second-order valence-corrected chi connectivity index (χ2v) is 3.15. The zero-order chi connectivity index (χ0) is 9.00. The Morgan fingerprint density at radius 3 is 0.667 bits per heavy atom. The van der Waals surface area contributed by atoms with Gasteiger partial charge in [0.25, 0.3) is 0 Å². The molecule has 2 radical (unpaired) electrons. The number of hydrogen-bond acceptors (Lipinski definition) is 8. The van der Waals surface area contributed by atoms with Gasteiger partial charge in [0.2, 0.25) is 0 Å². The SMILES string of the molecule is [O-][Si]([O-])(O)O.[O-][Si]([O-])([O-])[O-].[Yb+3].[Yb+3]. The molecule has 0 rings (SSSR count). The summed E-state index contributed by atoms with van der Waals surface area (Å²) < 4.78 is 0. The molecule has 0 aliphatic rings. The summed E-state index contributed by atoms with van der Waals surface area (Å²) in [6.07, 6.45) is 0. The standard InChI is InChI=1S/H2O4Si.O4Si.2Yb/c2*1-5(2,3)4;;/h1-2H;;;/q-2;-4;2*+3. The Balaban J connectivity index is -0.0000000457. The molecule has 0 aliphatic carbocycles. The van der Waals surface area contributed by atoms with Crippen LogP contribution in [0.5, 0.6) is 0 Å². The normalized spacial score (nSPS) is 10.0. The maximum atomic E-state index is 8.80. The average Bonchev–Trinajstić information content (AvgIpc) is 1.12. The molecule has 0 amide bonds. The Hall–Kier alpha value is 3.15. The topological polar surface area (TPSA) is 179 Å². The molecule has 0 fully saturated rings. The maximum Gasteiger partial charge on any atom is 3.00 e. The van der Waals surface area contributed by atoms with Gasteiger partial charge < -0.3 is 47.4 Å². The summed E-state index contributed by atoms with van der Waals surface area (Å²) >= 11 is 0. The van der Waals surface area contributed by atoms with Crippen LogP contribution in [0, 0.1) is 93.8 Å². The third-order valence-electron chi connectivity index (χ3n) is 0. The van der Waals surface area contributed by atoms with Crippen LogP contribution in [0.1, 0.15) is 0 Å². The molecule has 0 heterocycles. The van der Waals surface area contributed by atoms with E-state index < -0.39 is 18.1 Å². The van der Waals surface area contributed by atoms with Crippen LogP contribution in [0.3, 0.4) is 0 Å². The van der Waals surface area contributed by atoms with Gasteiger partial charge in [0.05, 0.1) is 0 Å². The second kappa shape index (κ2) is 10.7. The molecule has 0 aromatic heterocycles. The van der Waals surface area contributed by atoms with Gasteiger partial charge in [-0.3, -0.25) is 0 Å². The van der Waals surface area contributed by atoms with Crippen molar-refractivity contribution in [2.45, 2.75) is 0 Å². The molecule has 0 unspecified atom stereocenters. The summed E-state index contributed by atoms with van der Waals surface area (Å²) in [4.78, 5) is 66.1. The molecule has 86 valence electrons. The molecule has 0 saturated carbocycles. The Labute approximate surface area is 147 Å². The molecular formula is H2O8Si2Yb2. The van der Waals surface area contributed by atoms with E-state index in [-0.39, 0.29) is 93.8 Å². The molecule has 12 heavy (non-hydrogen) atoms. The van der Waals surface area contributed by atoms with Gasteiger partial charge in [0.15, 0.2) is 0 Å². The summed E-state index contributed by atoms with van der Waals surface area (Å²) in [5.74, 6) is 0. The van der Waals surface area contributed by atoms with Crippen molar-refractivity contribution in [1.29, 1.82) is 0 Å². The van der Waals surface area contributed by atoms with Gasteiger partial charge in [0, 0.05) is 0 Å². The first-order valence-electron chi connectivity index (χ1n) is 1.67. The van der Waals surface area contributed by atoms with E-state index in [2.05, 4.69) is 0 Å². The minimum absolute atomic E-state index is 0. The van der Waals surface area contributed by atoms with E-state index in [1.54, 1.807) is 0 Å². The maximum absolute atomic E-state index is 8.80. The van der Waals surface area contributed by atoms with Crippen molar-refractivity contribution in [2.75, 3.05) is 0 Å². The van der Waals surface area contributed by atoms with E-state index in [9.17, 15) is 0 Å². The van der Waals surface area contributed by atoms with Gasteiger partial charge in [0.1, 0.15) is 9.05 Å². The summed E-state index contributed by atoms with van der Waals surface area (Å²) in [5.41, 5.74) is 0. The molecule has 2 N–H and O–H groups in total. The monoisotopic (exact) mass is 534 g/mol. The molecule has 0 saturated heterocycles. The van der Waals surface area contributed by atoms with Crippen LogP contribution in [-0.2, 0) is 0 Å². The van der Waals surface area contributed by atoms with E-state index in [1.807, 2.05) is 0 Å². The fourth-order valence-corrected chi connectivity index (χ4v) is 0. The van der Waals surface area contributed by atoms with Gasteiger partial charge in [-0.05, 0) is 0 Å². The van der Waals surface area contributed by atoms with Crippen LogP contribution < -0.4 is 28.8 Å². The molecule has 0 atom stereocenters. The van der Waals surface area contributed by atoms with Gasteiger partial charge in [-0.25, -0.2) is 0 Å². The predicted octanol–water partition coefficient (Wildman–Crippen LogP) is -9.01. The first-order chi connectivity index (χ1) is 4.00. The van der Waals surface area contributed by atoms with Crippen molar-refractivity contribution in [1.82, 2.24) is 0 Å². The van der Waals surface area contributed by atoms with Gasteiger partial charge >= 0.3 is 93.8 Å². The van der Waals surface area contributed by atoms with Crippen LogP contribution in [0.4, 0.5) is 0 Å². The summed E-state index contributed by atoms with van der Waals surface area (Å²) in [6, 6.07) is 0. The van der Waals surface area contributed by atoms with Crippen molar-refractivity contribution >= 4 is 18.1 Å². The van der Waals surface area contributed by atoms with Crippen molar-refractivity contribution < 1.29 is 132 Å². The number of hydrogen-bond donors (Lipinski definition) is 2. The van der Waals surface area contributed by atoms with Crippen LogP contribution in [0.25, 0.3) is 0 Å². The molecule has 0 bridgehead atoms. The summed E-state index contributed by atoms with van der Waals surface area (Å²) in [7, 11) is -10.7. The Morgan fingerprint density at radius 1 is 0.667 bits per heavy atom. The van der Waals surface area contributed by atoms with Crippen LogP contribution >= 0.6 is 0 Å². The third kappa shape index (κ3) is 195.